The van der Waals surface area contributed by atoms with Crippen LogP contribution in [0.4, 0.5) is 0 Å². The molecule has 0 amide bonds. The van der Waals surface area contributed by atoms with E-state index >= 15 is 0 Å². The lowest BCUT2D eigenvalue weighted by Gasteiger charge is -2.21. The number of sulfone groups is 1. The summed E-state index contributed by atoms with van der Waals surface area (Å²) >= 11 is 5.98. The van der Waals surface area contributed by atoms with Crippen LogP contribution >= 0.6 is 11.6 Å². The fraction of sp³-hybridized carbons (Fsp3) is 0.500. The molecule has 0 spiro atoms. The van der Waals surface area contributed by atoms with Crippen LogP contribution in [0.2, 0.25) is 5.02 Å². The van der Waals surface area contributed by atoms with Crippen molar-refractivity contribution in [2.24, 2.45) is 0 Å². The number of aryl methyl sites for hydroxylation is 1. The van der Waals surface area contributed by atoms with Crippen molar-refractivity contribution in [2.45, 2.75) is 31.4 Å². The predicted molar refractivity (Wildman–Crippen MR) is 77.9 cm³/mol. The van der Waals surface area contributed by atoms with Crippen molar-refractivity contribution < 1.29 is 17.9 Å². The van der Waals surface area contributed by atoms with Gasteiger partial charge >= 0.3 is 5.97 Å². The maximum absolute atomic E-state index is 11.9. The van der Waals surface area contributed by atoms with E-state index in [1.807, 2.05) is 6.92 Å². The van der Waals surface area contributed by atoms with Crippen LogP contribution < -0.4 is 0 Å². The molecule has 1 heterocycles. The van der Waals surface area contributed by atoms with Gasteiger partial charge in [0, 0.05) is 0 Å². The van der Waals surface area contributed by atoms with E-state index in [-0.39, 0.29) is 17.9 Å². The minimum absolute atomic E-state index is 0.0919. The van der Waals surface area contributed by atoms with Gasteiger partial charge < -0.3 is 4.74 Å². The van der Waals surface area contributed by atoms with E-state index in [0.29, 0.717) is 17.9 Å². The van der Waals surface area contributed by atoms with E-state index in [1.165, 1.54) is 0 Å². The topological polar surface area (TPSA) is 60.4 Å². The Bertz CT molecular complexity index is 610. The maximum atomic E-state index is 11.9. The van der Waals surface area contributed by atoms with E-state index in [0.717, 1.165) is 12.0 Å². The third-order valence-electron chi connectivity index (χ3n) is 3.46. The molecule has 1 fully saturated rings. The van der Waals surface area contributed by atoms with Crippen molar-refractivity contribution in [1.82, 2.24) is 0 Å². The molecule has 20 heavy (non-hydrogen) atoms. The molecule has 1 aliphatic rings. The highest BCUT2D eigenvalue weighted by atomic mass is 35.5. The molecule has 0 saturated carbocycles. The Kier molecular flexibility index (Phi) is 4.70. The summed E-state index contributed by atoms with van der Waals surface area (Å²) in [5.74, 6) is -0.392. The summed E-state index contributed by atoms with van der Waals surface area (Å²) in [6.45, 7) is 1.78. The van der Waals surface area contributed by atoms with Crippen LogP contribution in [0.3, 0.4) is 0 Å². The summed E-state index contributed by atoms with van der Waals surface area (Å²) in [5.41, 5.74) is 1.21. The summed E-state index contributed by atoms with van der Waals surface area (Å²) in [6.07, 6.45) is 2.10. The van der Waals surface area contributed by atoms with Gasteiger partial charge in [0.05, 0.1) is 21.6 Å². The van der Waals surface area contributed by atoms with Gasteiger partial charge in [0.1, 0.15) is 6.61 Å². The van der Waals surface area contributed by atoms with E-state index in [1.54, 1.807) is 18.2 Å². The van der Waals surface area contributed by atoms with Gasteiger partial charge in [-0.2, -0.15) is 0 Å². The second kappa shape index (κ2) is 6.14. The quantitative estimate of drug-likeness (QED) is 0.804. The van der Waals surface area contributed by atoms with Gasteiger partial charge in [-0.25, -0.2) is 13.2 Å². The standard InChI is InChI=1S/C14H17ClO4S/c1-10-5-6-12(13(15)8-10)14(16)19-9-11-4-2-3-7-20(11,17)18/h5-6,8,11H,2-4,7,9H2,1H3/t11-/m0/s1. The first-order chi connectivity index (χ1) is 9.40. The van der Waals surface area contributed by atoms with Gasteiger partial charge in [0.15, 0.2) is 9.84 Å². The smallest absolute Gasteiger partial charge is 0.339 e. The van der Waals surface area contributed by atoms with Crippen LogP contribution in [0.5, 0.6) is 0 Å². The number of ether oxygens (including phenoxy) is 1. The van der Waals surface area contributed by atoms with Crippen LogP contribution in [0.1, 0.15) is 35.2 Å². The highest BCUT2D eigenvalue weighted by Gasteiger charge is 2.30. The molecule has 0 bridgehead atoms. The zero-order valence-electron chi connectivity index (χ0n) is 11.3. The first kappa shape index (κ1) is 15.3. The normalized spacial score (nSPS) is 21.4. The van der Waals surface area contributed by atoms with Crippen molar-refractivity contribution in [1.29, 1.82) is 0 Å². The van der Waals surface area contributed by atoms with Gasteiger partial charge in [-0.05, 0) is 37.5 Å². The molecule has 4 nitrogen and oxygen atoms in total. The van der Waals surface area contributed by atoms with Crippen molar-refractivity contribution in [2.75, 3.05) is 12.4 Å². The molecule has 0 aromatic heterocycles. The Morgan fingerprint density at radius 2 is 2.15 bits per heavy atom. The highest BCUT2D eigenvalue weighted by molar-refractivity contribution is 7.92. The van der Waals surface area contributed by atoms with Gasteiger partial charge in [0.2, 0.25) is 0 Å². The average molecular weight is 317 g/mol. The van der Waals surface area contributed by atoms with Crippen molar-refractivity contribution in [3.63, 3.8) is 0 Å². The Hall–Kier alpha value is -1.07. The molecule has 110 valence electrons. The lowest BCUT2D eigenvalue weighted by atomic mass is 10.1. The molecule has 1 aromatic rings. The lowest BCUT2D eigenvalue weighted by molar-refractivity contribution is 0.0500. The summed E-state index contributed by atoms with van der Waals surface area (Å²) < 4.78 is 28.8. The Morgan fingerprint density at radius 3 is 2.80 bits per heavy atom. The number of esters is 1. The van der Waals surface area contributed by atoms with Crippen molar-refractivity contribution in [3.8, 4) is 0 Å². The number of rotatable bonds is 3. The zero-order valence-corrected chi connectivity index (χ0v) is 12.8. The van der Waals surface area contributed by atoms with Crippen LogP contribution in [-0.2, 0) is 14.6 Å². The van der Waals surface area contributed by atoms with E-state index in [2.05, 4.69) is 0 Å². The average Bonchev–Trinajstić information content (AvgIpc) is 2.36. The Morgan fingerprint density at radius 1 is 1.40 bits per heavy atom. The molecule has 1 atom stereocenters. The summed E-state index contributed by atoms with van der Waals surface area (Å²) in [7, 11) is -3.13. The van der Waals surface area contributed by atoms with Crippen molar-refractivity contribution in [3.05, 3.63) is 34.3 Å². The predicted octanol–water partition coefficient (Wildman–Crippen LogP) is 2.77. The van der Waals surface area contributed by atoms with Gasteiger partial charge in [-0.3, -0.25) is 0 Å². The third kappa shape index (κ3) is 3.52. The molecule has 0 unspecified atom stereocenters. The third-order valence-corrected chi connectivity index (χ3v) is 6.02. The first-order valence-corrected chi connectivity index (χ1v) is 8.64. The zero-order chi connectivity index (χ0) is 14.8. The summed E-state index contributed by atoms with van der Waals surface area (Å²) in [5, 5.41) is -0.258. The van der Waals surface area contributed by atoms with Crippen LogP contribution in [0.15, 0.2) is 18.2 Å². The molecule has 1 saturated heterocycles. The molecular weight excluding hydrogens is 300 g/mol. The van der Waals surface area contributed by atoms with Crippen LogP contribution in [-0.4, -0.2) is 32.0 Å². The van der Waals surface area contributed by atoms with E-state index in [4.69, 9.17) is 16.3 Å². The van der Waals surface area contributed by atoms with Crippen molar-refractivity contribution >= 4 is 27.4 Å². The second-order valence-electron chi connectivity index (χ2n) is 5.07. The fourth-order valence-corrected chi connectivity index (χ4v) is 4.29. The summed E-state index contributed by atoms with van der Waals surface area (Å²) in [4.78, 5) is 11.9. The largest absolute Gasteiger partial charge is 0.461 e. The minimum atomic E-state index is -3.13. The van der Waals surface area contributed by atoms with Crippen LogP contribution in [0, 0.1) is 6.92 Å². The highest BCUT2D eigenvalue weighted by Crippen LogP contribution is 2.22. The molecule has 0 aliphatic carbocycles. The maximum Gasteiger partial charge on any atom is 0.339 e. The Labute approximate surface area is 124 Å². The lowest BCUT2D eigenvalue weighted by Crippen LogP contribution is -2.33. The molecule has 1 aliphatic heterocycles. The van der Waals surface area contributed by atoms with Gasteiger partial charge in [-0.15, -0.1) is 0 Å². The second-order valence-corrected chi connectivity index (χ2v) is 7.87. The van der Waals surface area contributed by atoms with Gasteiger partial charge in [-0.1, -0.05) is 24.1 Å². The Balaban J connectivity index is 2.02. The molecule has 6 heteroatoms. The van der Waals surface area contributed by atoms with Gasteiger partial charge in [0.25, 0.3) is 0 Å². The molecular formula is C14H17ClO4S. The number of carbonyl (C=O) groups excluding carboxylic acids is 1. The molecule has 2 rings (SSSR count). The number of hydrogen-bond acceptors (Lipinski definition) is 4. The monoisotopic (exact) mass is 316 g/mol. The number of carbonyl (C=O) groups is 1. The molecule has 0 N–H and O–H groups in total. The van der Waals surface area contributed by atoms with Crippen LogP contribution in [0.25, 0.3) is 0 Å². The number of benzene rings is 1. The van der Waals surface area contributed by atoms with E-state index in [9.17, 15) is 13.2 Å². The SMILES string of the molecule is Cc1ccc(C(=O)OC[C@@H]2CCCCS2(=O)=O)c(Cl)c1. The number of hydrogen-bond donors (Lipinski definition) is 0. The number of halogens is 1. The first-order valence-electron chi connectivity index (χ1n) is 6.55. The molecule has 1 aromatic carbocycles. The van der Waals surface area contributed by atoms with E-state index < -0.39 is 21.1 Å². The minimum Gasteiger partial charge on any atom is -0.461 e. The fourth-order valence-electron chi connectivity index (χ4n) is 2.24. The molecule has 0 radical (unpaired) electrons. The summed E-state index contributed by atoms with van der Waals surface area (Å²) in [6, 6.07) is 5.03.